The van der Waals surface area contributed by atoms with Crippen LogP contribution in [-0.2, 0) is 11.3 Å². The molecule has 0 saturated carbocycles. The predicted molar refractivity (Wildman–Crippen MR) is 77.3 cm³/mol. The summed E-state index contributed by atoms with van der Waals surface area (Å²) in [5, 5.41) is 2.98. The molecule has 5 nitrogen and oxygen atoms in total. The van der Waals surface area contributed by atoms with E-state index in [9.17, 15) is 4.79 Å². The van der Waals surface area contributed by atoms with E-state index in [4.69, 9.17) is 10.5 Å². The number of fused-ring (bicyclic) bond motifs is 1. The van der Waals surface area contributed by atoms with Gasteiger partial charge in [0.05, 0.1) is 18.7 Å². The van der Waals surface area contributed by atoms with Gasteiger partial charge in [0.25, 0.3) is 0 Å². The molecule has 108 valence electrons. The fourth-order valence-corrected chi connectivity index (χ4v) is 3.35. The maximum atomic E-state index is 11.8. The number of nitrogens with two attached hydrogens (primary N) is 1. The molecule has 3 N–H and O–H groups in total. The quantitative estimate of drug-likeness (QED) is 0.807. The van der Waals surface area contributed by atoms with Gasteiger partial charge in [0.2, 0.25) is 5.91 Å². The Hall–Kier alpha value is -1.75. The van der Waals surface area contributed by atoms with Gasteiger partial charge >= 0.3 is 0 Å². The van der Waals surface area contributed by atoms with Gasteiger partial charge in [-0.05, 0) is 37.1 Å². The molecule has 2 atom stereocenters. The summed E-state index contributed by atoms with van der Waals surface area (Å²) in [6.45, 7) is 2.65. The van der Waals surface area contributed by atoms with Crippen LogP contribution in [0.1, 0.15) is 18.4 Å². The van der Waals surface area contributed by atoms with Crippen LogP contribution in [0.3, 0.4) is 0 Å². The number of hydrogen-bond donors (Lipinski definition) is 2. The number of amides is 1. The van der Waals surface area contributed by atoms with Crippen LogP contribution in [0.5, 0.6) is 5.75 Å². The Morgan fingerprint density at radius 3 is 3.10 bits per heavy atom. The highest BCUT2D eigenvalue weighted by Gasteiger charge is 2.40. The smallest absolute Gasteiger partial charge is 0.224 e. The second-order valence-corrected chi connectivity index (χ2v) is 5.61. The lowest BCUT2D eigenvalue weighted by Crippen LogP contribution is -2.44. The number of likely N-dealkylation sites (tertiary alicyclic amines) is 1. The van der Waals surface area contributed by atoms with Gasteiger partial charge in [-0.2, -0.15) is 0 Å². The molecule has 5 heteroatoms. The van der Waals surface area contributed by atoms with Crippen molar-refractivity contribution in [3.8, 4) is 5.75 Å². The highest BCUT2D eigenvalue weighted by molar-refractivity contribution is 5.82. The Bertz CT molecular complexity index is 518. The number of carbonyl (C=O) groups excluding carboxylic acids is 1. The lowest BCUT2D eigenvalue weighted by Gasteiger charge is -2.35. The Morgan fingerprint density at radius 1 is 1.50 bits per heavy atom. The van der Waals surface area contributed by atoms with Gasteiger partial charge in [-0.25, -0.2) is 0 Å². The van der Waals surface area contributed by atoms with Crippen molar-refractivity contribution >= 4 is 11.6 Å². The first-order valence-corrected chi connectivity index (χ1v) is 7.13. The van der Waals surface area contributed by atoms with E-state index in [0.717, 1.165) is 32.5 Å². The molecule has 0 spiro atoms. The van der Waals surface area contributed by atoms with E-state index in [0.29, 0.717) is 17.5 Å². The summed E-state index contributed by atoms with van der Waals surface area (Å²) in [6.07, 6.45) is 2.10. The molecule has 0 aliphatic carbocycles. The summed E-state index contributed by atoms with van der Waals surface area (Å²) in [4.78, 5) is 14.2. The van der Waals surface area contributed by atoms with Crippen molar-refractivity contribution in [2.24, 2.45) is 5.92 Å². The minimum absolute atomic E-state index is 0.166. The summed E-state index contributed by atoms with van der Waals surface area (Å²) in [7, 11) is 1.62. The molecule has 2 fully saturated rings. The number of ether oxygens (including phenoxy) is 1. The number of benzene rings is 1. The van der Waals surface area contributed by atoms with E-state index in [2.05, 4.69) is 10.2 Å². The van der Waals surface area contributed by atoms with Crippen molar-refractivity contribution in [1.29, 1.82) is 0 Å². The summed E-state index contributed by atoms with van der Waals surface area (Å²) in [5.74, 6) is 1.09. The number of nitrogen functional groups attached to an aromatic ring is 1. The lowest BCUT2D eigenvalue weighted by atomic mass is 9.91. The van der Waals surface area contributed by atoms with Crippen LogP contribution in [-0.4, -0.2) is 37.0 Å². The third-order valence-electron chi connectivity index (χ3n) is 4.40. The number of anilines is 1. The summed E-state index contributed by atoms with van der Waals surface area (Å²) < 4.78 is 5.18. The van der Waals surface area contributed by atoms with Crippen LogP contribution in [0.4, 0.5) is 5.69 Å². The first kappa shape index (κ1) is 13.2. The molecule has 2 heterocycles. The van der Waals surface area contributed by atoms with Gasteiger partial charge in [0.15, 0.2) is 0 Å². The van der Waals surface area contributed by atoms with E-state index in [1.807, 2.05) is 18.2 Å². The van der Waals surface area contributed by atoms with E-state index in [1.165, 1.54) is 5.56 Å². The largest absolute Gasteiger partial charge is 0.495 e. The van der Waals surface area contributed by atoms with Crippen LogP contribution in [0.2, 0.25) is 0 Å². The van der Waals surface area contributed by atoms with Crippen LogP contribution in [0.25, 0.3) is 0 Å². The maximum absolute atomic E-state index is 11.8. The van der Waals surface area contributed by atoms with Crippen molar-refractivity contribution in [3.05, 3.63) is 23.8 Å². The fourth-order valence-electron chi connectivity index (χ4n) is 3.35. The van der Waals surface area contributed by atoms with Gasteiger partial charge in [-0.1, -0.05) is 6.07 Å². The van der Waals surface area contributed by atoms with Gasteiger partial charge in [-0.15, -0.1) is 0 Å². The summed E-state index contributed by atoms with van der Waals surface area (Å²) >= 11 is 0. The fraction of sp³-hybridized carbons (Fsp3) is 0.533. The second kappa shape index (κ2) is 5.32. The normalized spacial score (nSPS) is 26.1. The van der Waals surface area contributed by atoms with Crippen LogP contribution < -0.4 is 15.8 Å². The third-order valence-corrected chi connectivity index (χ3v) is 4.40. The van der Waals surface area contributed by atoms with Crippen LogP contribution in [0.15, 0.2) is 18.2 Å². The number of hydrogen-bond acceptors (Lipinski definition) is 4. The number of methoxy groups -OCH3 is 1. The van der Waals surface area contributed by atoms with Crippen LogP contribution in [0, 0.1) is 5.92 Å². The molecule has 20 heavy (non-hydrogen) atoms. The topological polar surface area (TPSA) is 67.6 Å². The number of nitrogens with one attached hydrogen (secondary N) is 1. The average Bonchev–Trinajstić information content (AvgIpc) is 2.82. The molecule has 3 rings (SSSR count). The SMILES string of the molecule is COc1ccc(CN2CCCC3C(=O)NCC32)cc1N. The van der Waals surface area contributed by atoms with Gasteiger partial charge in [0, 0.05) is 19.1 Å². The monoisotopic (exact) mass is 275 g/mol. The number of carbonyl (C=O) groups is 1. The second-order valence-electron chi connectivity index (χ2n) is 5.61. The lowest BCUT2D eigenvalue weighted by molar-refractivity contribution is -0.124. The number of rotatable bonds is 3. The highest BCUT2D eigenvalue weighted by atomic mass is 16.5. The van der Waals surface area contributed by atoms with E-state index in [1.54, 1.807) is 7.11 Å². The molecule has 2 saturated heterocycles. The zero-order chi connectivity index (χ0) is 14.1. The summed E-state index contributed by atoms with van der Waals surface area (Å²) in [6, 6.07) is 6.25. The first-order chi connectivity index (χ1) is 9.69. The highest BCUT2D eigenvalue weighted by Crippen LogP contribution is 2.29. The van der Waals surface area contributed by atoms with Crippen molar-refractivity contribution in [2.45, 2.75) is 25.4 Å². The molecule has 1 aromatic rings. The Morgan fingerprint density at radius 2 is 2.35 bits per heavy atom. The minimum Gasteiger partial charge on any atom is -0.495 e. The molecular formula is C15H21N3O2. The van der Waals surface area contributed by atoms with E-state index in [-0.39, 0.29) is 11.8 Å². The predicted octanol–water partition coefficient (Wildman–Crippen LogP) is 0.988. The van der Waals surface area contributed by atoms with Gasteiger partial charge in [-0.3, -0.25) is 9.69 Å². The van der Waals surface area contributed by atoms with Crippen molar-refractivity contribution in [3.63, 3.8) is 0 Å². The maximum Gasteiger partial charge on any atom is 0.224 e. The van der Waals surface area contributed by atoms with Crippen molar-refractivity contribution in [2.75, 3.05) is 25.9 Å². The Kier molecular flexibility index (Phi) is 3.53. The molecule has 0 aromatic heterocycles. The summed E-state index contributed by atoms with van der Waals surface area (Å²) in [5.41, 5.74) is 7.79. The third kappa shape index (κ3) is 2.33. The van der Waals surface area contributed by atoms with E-state index >= 15 is 0 Å². The van der Waals surface area contributed by atoms with Crippen molar-refractivity contribution < 1.29 is 9.53 Å². The van der Waals surface area contributed by atoms with Crippen molar-refractivity contribution in [1.82, 2.24) is 10.2 Å². The standard InChI is InChI=1S/C15H21N3O2/c1-20-14-5-4-10(7-12(14)16)9-18-6-2-3-11-13(18)8-17-15(11)19/h4-5,7,11,13H,2-3,6,8-9,16H2,1H3,(H,17,19). The Labute approximate surface area is 119 Å². The first-order valence-electron chi connectivity index (χ1n) is 7.13. The molecule has 0 bridgehead atoms. The Balaban J connectivity index is 1.74. The van der Waals surface area contributed by atoms with Gasteiger partial charge < -0.3 is 15.8 Å². The molecular weight excluding hydrogens is 254 g/mol. The zero-order valence-electron chi connectivity index (χ0n) is 11.8. The molecule has 2 aliphatic heterocycles. The van der Waals surface area contributed by atoms with E-state index < -0.39 is 0 Å². The molecule has 2 aliphatic rings. The molecule has 1 aromatic carbocycles. The zero-order valence-corrected chi connectivity index (χ0v) is 11.8. The molecule has 0 radical (unpaired) electrons. The van der Waals surface area contributed by atoms with Gasteiger partial charge in [0.1, 0.15) is 5.75 Å². The van der Waals surface area contributed by atoms with Crippen LogP contribution >= 0.6 is 0 Å². The average molecular weight is 275 g/mol. The number of nitrogens with zero attached hydrogens (tertiary/aromatic N) is 1. The molecule has 1 amide bonds. The minimum atomic E-state index is 0.166. The molecule has 2 unspecified atom stereocenters. The number of piperidine rings is 1.